The van der Waals surface area contributed by atoms with E-state index < -0.39 is 0 Å². The Bertz CT molecular complexity index is 447. The van der Waals surface area contributed by atoms with Crippen LogP contribution in [0.2, 0.25) is 0 Å². The number of para-hydroxylation sites is 1. The second kappa shape index (κ2) is 3.47. The third kappa shape index (κ3) is 1.22. The SMILES string of the molecule is NNC1CC(=O)N2CCOc3cccc1c32. The van der Waals surface area contributed by atoms with Gasteiger partial charge >= 0.3 is 0 Å². The van der Waals surface area contributed by atoms with E-state index in [1.54, 1.807) is 4.90 Å². The molecule has 2 aliphatic rings. The zero-order valence-electron chi connectivity index (χ0n) is 8.77. The van der Waals surface area contributed by atoms with Gasteiger partial charge in [-0.25, -0.2) is 0 Å². The number of nitrogens with one attached hydrogen (secondary N) is 1. The number of amides is 1. The summed E-state index contributed by atoms with van der Waals surface area (Å²) in [7, 11) is 0. The quantitative estimate of drug-likeness (QED) is 0.527. The van der Waals surface area contributed by atoms with Crippen LogP contribution in [0.4, 0.5) is 5.69 Å². The molecule has 0 radical (unpaired) electrons. The van der Waals surface area contributed by atoms with E-state index in [-0.39, 0.29) is 11.9 Å². The fourth-order valence-corrected chi connectivity index (χ4v) is 2.38. The summed E-state index contributed by atoms with van der Waals surface area (Å²) in [4.78, 5) is 13.7. The lowest BCUT2D eigenvalue weighted by Crippen LogP contribution is -2.45. The molecule has 3 rings (SSSR count). The number of anilines is 1. The van der Waals surface area contributed by atoms with E-state index in [1.165, 1.54) is 0 Å². The molecule has 0 aromatic heterocycles. The first kappa shape index (κ1) is 9.62. The molecule has 2 heterocycles. The highest BCUT2D eigenvalue weighted by atomic mass is 16.5. The molecule has 0 saturated heterocycles. The molecule has 1 amide bonds. The van der Waals surface area contributed by atoms with Crippen molar-refractivity contribution in [1.29, 1.82) is 0 Å². The molecule has 1 unspecified atom stereocenters. The standard InChI is InChI=1S/C11H13N3O2/c12-13-8-6-10(15)14-4-5-16-9-3-1-2-7(8)11(9)14/h1-3,8,13H,4-6,12H2. The van der Waals surface area contributed by atoms with E-state index in [9.17, 15) is 4.79 Å². The summed E-state index contributed by atoms with van der Waals surface area (Å²) in [5.41, 5.74) is 4.61. The summed E-state index contributed by atoms with van der Waals surface area (Å²) in [6.45, 7) is 1.18. The van der Waals surface area contributed by atoms with Gasteiger partial charge in [-0.2, -0.15) is 0 Å². The predicted molar refractivity (Wildman–Crippen MR) is 59.0 cm³/mol. The molecule has 5 heteroatoms. The molecular formula is C11H13N3O2. The van der Waals surface area contributed by atoms with Crippen molar-refractivity contribution in [3.63, 3.8) is 0 Å². The Balaban J connectivity index is 2.19. The fraction of sp³-hybridized carbons (Fsp3) is 0.364. The van der Waals surface area contributed by atoms with Crippen LogP contribution in [-0.2, 0) is 4.79 Å². The molecule has 0 saturated carbocycles. The number of benzene rings is 1. The largest absolute Gasteiger partial charge is 0.490 e. The first-order valence-electron chi connectivity index (χ1n) is 5.33. The average Bonchev–Trinajstić information content (AvgIpc) is 2.33. The smallest absolute Gasteiger partial charge is 0.229 e. The number of nitrogens with zero attached hydrogens (tertiary/aromatic N) is 1. The van der Waals surface area contributed by atoms with Gasteiger partial charge in [0.25, 0.3) is 0 Å². The fourth-order valence-electron chi connectivity index (χ4n) is 2.38. The summed E-state index contributed by atoms with van der Waals surface area (Å²) in [5, 5.41) is 0. The second-order valence-corrected chi connectivity index (χ2v) is 4.01. The number of carbonyl (C=O) groups excluding carboxylic acids is 1. The van der Waals surface area contributed by atoms with Crippen LogP contribution in [0.25, 0.3) is 0 Å². The van der Waals surface area contributed by atoms with Crippen LogP contribution in [0.3, 0.4) is 0 Å². The van der Waals surface area contributed by atoms with Gasteiger partial charge < -0.3 is 9.64 Å². The molecule has 0 bridgehead atoms. The Morgan fingerprint density at radius 3 is 3.19 bits per heavy atom. The van der Waals surface area contributed by atoms with Crippen LogP contribution in [0.15, 0.2) is 18.2 Å². The number of rotatable bonds is 1. The first-order valence-corrected chi connectivity index (χ1v) is 5.33. The second-order valence-electron chi connectivity index (χ2n) is 4.01. The van der Waals surface area contributed by atoms with E-state index >= 15 is 0 Å². The number of hydrogen-bond acceptors (Lipinski definition) is 4. The summed E-state index contributed by atoms with van der Waals surface area (Å²) in [6.07, 6.45) is 0.410. The van der Waals surface area contributed by atoms with Crippen molar-refractivity contribution in [2.75, 3.05) is 18.1 Å². The van der Waals surface area contributed by atoms with Crippen molar-refractivity contribution in [2.45, 2.75) is 12.5 Å². The monoisotopic (exact) mass is 219 g/mol. The van der Waals surface area contributed by atoms with Gasteiger partial charge in [0.1, 0.15) is 12.4 Å². The van der Waals surface area contributed by atoms with Crippen LogP contribution >= 0.6 is 0 Å². The molecule has 0 spiro atoms. The molecule has 84 valence electrons. The van der Waals surface area contributed by atoms with Crippen molar-refractivity contribution in [2.24, 2.45) is 5.84 Å². The molecule has 0 aliphatic carbocycles. The van der Waals surface area contributed by atoms with Crippen LogP contribution in [0.1, 0.15) is 18.0 Å². The van der Waals surface area contributed by atoms with Gasteiger partial charge in [-0.3, -0.25) is 16.1 Å². The lowest BCUT2D eigenvalue weighted by Gasteiger charge is -2.37. The summed E-state index contributed by atoms with van der Waals surface area (Å²) >= 11 is 0. The normalized spacial score (nSPS) is 22.7. The van der Waals surface area contributed by atoms with Crippen LogP contribution in [-0.4, -0.2) is 19.1 Å². The van der Waals surface area contributed by atoms with Gasteiger partial charge in [-0.15, -0.1) is 0 Å². The number of hydrogen-bond donors (Lipinski definition) is 2. The van der Waals surface area contributed by atoms with Crippen molar-refractivity contribution < 1.29 is 9.53 Å². The average molecular weight is 219 g/mol. The third-order valence-electron chi connectivity index (χ3n) is 3.13. The molecule has 3 N–H and O–H groups in total. The van der Waals surface area contributed by atoms with E-state index in [2.05, 4.69) is 5.43 Å². The highest BCUT2D eigenvalue weighted by Gasteiger charge is 2.34. The van der Waals surface area contributed by atoms with Crippen molar-refractivity contribution in [3.8, 4) is 5.75 Å². The number of nitrogens with two attached hydrogens (primary N) is 1. The topological polar surface area (TPSA) is 67.6 Å². The van der Waals surface area contributed by atoms with Crippen LogP contribution in [0, 0.1) is 0 Å². The highest BCUT2D eigenvalue weighted by Crippen LogP contribution is 2.42. The van der Waals surface area contributed by atoms with Gasteiger partial charge in [0, 0.05) is 6.42 Å². The Morgan fingerprint density at radius 2 is 2.38 bits per heavy atom. The number of carbonyl (C=O) groups is 1. The first-order chi connectivity index (χ1) is 7.81. The minimum absolute atomic E-state index is 0.103. The van der Waals surface area contributed by atoms with Crippen molar-refractivity contribution >= 4 is 11.6 Å². The van der Waals surface area contributed by atoms with Gasteiger partial charge in [0.2, 0.25) is 5.91 Å². The Morgan fingerprint density at radius 1 is 1.50 bits per heavy atom. The predicted octanol–water partition coefficient (Wildman–Crippen LogP) is 0.320. The van der Waals surface area contributed by atoms with E-state index in [0.29, 0.717) is 19.6 Å². The Kier molecular flexibility index (Phi) is 2.08. The Hall–Kier alpha value is -1.59. The Labute approximate surface area is 93.1 Å². The van der Waals surface area contributed by atoms with Gasteiger partial charge in [0.15, 0.2) is 0 Å². The molecule has 1 aromatic carbocycles. The molecule has 2 aliphatic heterocycles. The van der Waals surface area contributed by atoms with Gasteiger partial charge in [-0.1, -0.05) is 12.1 Å². The van der Waals surface area contributed by atoms with Crippen molar-refractivity contribution in [3.05, 3.63) is 23.8 Å². The minimum atomic E-state index is -0.111. The third-order valence-corrected chi connectivity index (χ3v) is 3.13. The molecule has 16 heavy (non-hydrogen) atoms. The minimum Gasteiger partial charge on any atom is -0.490 e. The highest BCUT2D eigenvalue weighted by molar-refractivity contribution is 5.99. The summed E-state index contributed by atoms with van der Waals surface area (Å²) in [6, 6.07) is 5.69. The van der Waals surface area contributed by atoms with E-state index in [4.69, 9.17) is 10.6 Å². The molecule has 5 nitrogen and oxygen atoms in total. The molecule has 1 aromatic rings. The van der Waals surface area contributed by atoms with E-state index in [0.717, 1.165) is 17.0 Å². The zero-order valence-corrected chi connectivity index (χ0v) is 8.77. The zero-order chi connectivity index (χ0) is 11.1. The lowest BCUT2D eigenvalue weighted by molar-refractivity contribution is -0.119. The maximum absolute atomic E-state index is 11.9. The maximum Gasteiger partial charge on any atom is 0.229 e. The van der Waals surface area contributed by atoms with Crippen LogP contribution < -0.4 is 20.9 Å². The van der Waals surface area contributed by atoms with Crippen LogP contribution in [0.5, 0.6) is 5.75 Å². The molecular weight excluding hydrogens is 206 g/mol. The maximum atomic E-state index is 11.9. The summed E-state index contributed by atoms with van der Waals surface area (Å²) in [5.74, 6) is 6.35. The van der Waals surface area contributed by atoms with Crippen molar-refractivity contribution in [1.82, 2.24) is 5.43 Å². The summed E-state index contributed by atoms with van der Waals surface area (Å²) < 4.78 is 5.55. The molecule has 0 fully saturated rings. The van der Waals surface area contributed by atoms with Gasteiger partial charge in [-0.05, 0) is 11.6 Å². The van der Waals surface area contributed by atoms with Gasteiger partial charge in [0.05, 0.1) is 18.3 Å². The van der Waals surface area contributed by atoms with E-state index in [1.807, 2.05) is 18.2 Å². The number of ether oxygens (including phenoxy) is 1. The number of hydrazine groups is 1. The molecule has 1 atom stereocenters. The lowest BCUT2D eigenvalue weighted by atomic mass is 9.95.